The molecular weight excluding hydrogens is 258 g/mol. The summed E-state index contributed by atoms with van der Waals surface area (Å²) in [4.78, 5) is 0. The van der Waals surface area contributed by atoms with Crippen LogP contribution >= 0.6 is 0 Å². The van der Waals surface area contributed by atoms with E-state index in [2.05, 4.69) is 62.5 Å². The van der Waals surface area contributed by atoms with Crippen molar-refractivity contribution in [1.82, 2.24) is 0 Å². The fourth-order valence-corrected chi connectivity index (χ4v) is 2.23. The molecule has 0 saturated heterocycles. The van der Waals surface area contributed by atoms with Crippen LogP contribution < -0.4 is 10.1 Å². The Morgan fingerprint density at radius 3 is 2.48 bits per heavy atom. The largest absolute Gasteiger partial charge is 0.493 e. The molecule has 0 aliphatic carbocycles. The number of hydrogen-bond acceptors (Lipinski definition) is 2. The summed E-state index contributed by atoms with van der Waals surface area (Å²) in [6.07, 6.45) is 1.06. The van der Waals surface area contributed by atoms with Gasteiger partial charge >= 0.3 is 0 Å². The summed E-state index contributed by atoms with van der Waals surface area (Å²) in [6, 6.07) is 16.8. The summed E-state index contributed by atoms with van der Waals surface area (Å²) < 4.78 is 5.77. The number of benzene rings is 2. The highest BCUT2D eigenvalue weighted by Gasteiger charge is 2.01. The molecule has 2 aromatic carbocycles. The van der Waals surface area contributed by atoms with E-state index >= 15 is 0 Å². The van der Waals surface area contributed by atoms with E-state index in [0.717, 1.165) is 31.0 Å². The SMILES string of the molecule is CCc1ccccc1CNc1cccc(OCC(C)C)c1. The minimum atomic E-state index is 0.540. The Balaban J connectivity index is 1.98. The van der Waals surface area contributed by atoms with Crippen LogP contribution in [-0.4, -0.2) is 6.61 Å². The van der Waals surface area contributed by atoms with E-state index in [-0.39, 0.29) is 0 Å². The molecule has 0 spiro atoms. The Kier molecular flexibility index (Phi) is 5.68. The molecule has 2 rings (SSSR count). The standard InChI is InChI=1S/C19H25NO/c1-4-16-8-5-6-9-17(16)13-20-18-10-7-11-19(12-18)21-14-15(2)3/h5-12,15,20H,4,13-14H2,1-3H3. The summed E-state index contributed by atoms with van der Waals surface area (Å²) in [5.41, 5.74) is 3.85. The average molecular weight is 283 g/mol. The Morgan fingerprint density at radius 1 is 1.00 bits per heavy atom. The van der Waals surface area contributed by atoms with Crippen molar-refractivity contribution in [2.75, 3.05) is 11.9 Å². The van der Waals surface area contributed by atoms with Gasteiger partial charge in [0.2, 0.25) is 0 Å². The first-order chi connectivity index (χ1) is 10.2. The zero-order valence-corrected chi connectivity index (χ0v) is 13.2. The Morgan fingerprint density at radius 2 is 1.76 bits per heavy atom. The lowest BCUT2D eigenvalue weighted by Gasteiger charge is -2.12. The molecule has 0 radical (unpaired) electrons. The van der Waals surface area contributed by atoms with Crippen molar-refractivity contribution in [1.29, 1.82) is 0 Å². The molecule has 0 unspecified atom stereocenters. The van der Waals surface area contributed by atoms with E-state index in [9.17, 15) is 0 Å². The molecule has 112 valence electrons. The van der Waals surface area contributed by atoms with Gasteiger partial charge in [0.05, 0.1) is 6.61 Å². The molecule has 0 aliphatic rings. The van der Waals surface area contributed by atoms with Gasteiger partial charge in [-0.05, 0) is 35.6 Å². The van der Waals surface area contributed by atoms with Crippen molar-refractivity contribution in [2.24, 2.45) is 5.92 Å². The predicted octanol–water partition coefficient (Wildman–Crippen LogP) is 4.90. The fourth-order valence-electron chi connectivity index (χ4n) is 2.23. The second-order valence-corrected chi connectivity index (χ2v) is 5.71. The van der Waals surface area contributed by atoms with Crippen LogP contribution in [0, 0.1) is 5.92 Å². The Hall–Kier alpha value is -1.96. The number of aryl methyl sites for hydroxylation is 1. The highest BCUT2D eigenvalue weighted by Crippen LogP contribution is 2.19. The third-order valence-electron chi connectivity index (χ3n) is 3.40. The summed E-state index contributed by atoms with van der Waals surface area (Å²) in [5, 5.41) is 3.48. The van der Waals surface area contributed by atoms with Crippen molar-refractivity contribution in [3.63, 3.8) is 0 Å². The molecule has 2 heteroatoms. The second kappa shape index (κ2) is 7.72. The minimum absolute atomic E-state index is 0.540. The molecule has 0 saturated carbocycles. The zero-order chi connectivity index (χ0) is 15.1. The van der Waals surface area contributed by atoms with E-state index in [1.165, 1.54) is 11.1 Å². The molecule has 0 amide bonds. The van der Waals surface area contributed by atoms with Gasteiger partial charge in [-0.2, -0.15) is 0 Å². The summed E-state index contributed by atoms with van der Waals surface area (Å²) in [7, 11) is 0. The van der Waals surface area contributed by atoms with Crippen LogP contribution in [0.2, 0.25) is 0 Å². The van der Waals surface area contributed by atoms with Crippen molar-refractivity contribution < 1.29 is 4.74 Å². The first-order valence-corrected chi connectivity index (χ1v) is 7.72. The molecule has 2 nitrogen and oxygen atoms in total. The van der Waals surface area contributed by atoms with Gasteiger partial charge in [0.15, 0.2) is 0 Å². The Labute approximate surface area is 128 Å². The summed E-state index contributed by atoms with van der Waals surface area (Å²) in [6.45, 7) is 8.10. The molecule has 0 atom stereocenters. The zero-order valence-electron chi connectivity index (χ0n) is 13.2. The lowest BCUT2D eigenvalue weighted by molar-refractivity contribution is 0.271. The minimum Gasteiger partial charge on any atom is -0.493 e. The molecule has 1 N–H and O–H groups in total. The molecule has 0 fully saturated rings. The Bertz CT molecular complexity index is 563. The van der Waals surface area contributed by atoms with E-state index in [1.807, 2.05) is 12.1 Å². The number of nitrogens with one attached hydrogen (secondary N) is 1. The maximum atomic E-state index is 5.77. The smallest absolute Gasteiger partial charge is 0.121 e. The fraction of sp³-hybridized carbons (Fsp3) is 0.368. The first kappa shape index (κ1) is 15.4. The molecular formula is C19H25NO. The van der Waals surface area contributed by atoms with E-state index < -0.39 is 0 Å². The van der Waals surface area contributed by atoms with Gasteiger partial charge in [-0.1, -0.05) is 51.1 Å². The number of hydrogen-bond donors (Lipinski definition) is 1. The van der Waals surface area contributed by atoms with Gasteiger partial charge in [-0.3, -0.25) is 0 Å². The summed E-state index contributed by atoms with van der Waals surface area (Å²) >= 11 is 0. The first-order valence-electron chi connectivity index (χ1n) is 7.72. The number of anilines is 1. The third kappa shape index (κ3) is 4.82. The number of rotatable bonds is 7. The van der Waals surface area contributed by atoms with Gasteiger partial charge in [-0.15, -0.1) is 0 Å². The van der Waals surface area contributed by atoms with E-state index in [0.29, 0.717) is 5.92 Å². The maximum absolute atomic E-state index is 5.77. The predicted molar refractivity (Wildman–Crippen MR) is 89.9 cm³/mol. The topological polar surface area (TPSA) is 21.3 Å². The van der Waals surface area contributed by atoms with Gasteiger partial charge in [0.25, 0.3) is 0 Å². The summed E-state index contributed by atoms with van der Waals surface area (Å²) in [5.74, 6) is 1.47. The van der Waals surface area contributed by atoms with Gasteiger partial charge in [0, 0.05) is 18.3 Å². The molecule has 0 aromatic heterocycles. The maximum Gasteiger partial charge on any atom is 0.121 e. The lowest BCUT2D eigenvalue weighted by atomic mass is 10.1. The van der Waals surface area contributed by atoms with Crippen LogP contribution in [0.15, 0.2) is 48.5 Å². The molecule has 21 heavy (non-hydrogen) atoms. The lowest BCUT2D eigenvalue weighted by Crippen LogP contribution is -2.05. The van der Waals surface area contributed by atoms with Crippen molar-refractivity contribution in [3.8, 4) is 5.75 Å². The van der Waals surface area contributed by atoms with E-state index in [4.69, 9.17) is 4.74 Å². The van der Waals surface area contributed by atoms with Gasteiger partial charge in [0.1, 0.15) is 5.75 Å². The highest BCUT2D eigenvalue weighted by atomic mass is 16.5. The van der Waals surface area contributed by atoms with Gasteiger partial charge < -0.3 is 10.1 Å². The highest BCUT2D eigenvalue weighted by molar-refractivity contribution is 5.49. The van der Waals surface area contributed by atoms with Crippen LogP contribution in [0.1, 0.15) is 31.9 Å². The monoisotopic (exact) mass is 283 g/mol. The van der Waals surface area contributed by atoms with Crippen molar-refractivity contribution >= 4 is 5.69 Å². The van der Waals surface area contributed by atoms with Gasteiger partial charge in [-0.25, -0.2) is 0 Å². The van der Waals surface area contributed by atoms with Crippen LogP contribution in [0.3, 0.4) is 0 Å². The third-order valence-corrected chi connectivity index (χ3v) is 3.40. The average Bonchev–Trinajstić information content (AvgIpc) is 2.51. The van der Waals surface area contributed by atoms with Crippen LogP contribution in [0.5, 0.6) is 5.75 Å². The number of ether oxygens (including phenoxy) is 1. The van der Waals surface area contributed by atoms with Crippen LogP contribution in [0.4, 0.5) is 5.69 Å². The van der Waals surface area contributed by atoms with Crippen LogP contribution in [-0.2, 0) is 13.0 Å². The quantitative estimate of drug-likeness (QED) is 0.780. The molecule has 0 heterocycles. The van der Waals surface area contributed by atoms with Crippen molar-refractivity contribution in [3.05, 3.63) is 59.7 Å². The molecule has 0 aliphatic heterocycles. The molecule has 0 bridgehead atoms. The molecule has 2 aromatic rings. The second-order valence-electron chi connectivity index (χ2n) is 5.71. The van der Waals surface area contributed by atoms with Crippen LogP contribution in [0.25, 0.3) is 0 Å². The van der Waals surface area contributed by atoms with Crippen molar-refractivity contribution in [2.45, 2.75) is 33.7 Å². The van der Waals surface area contributed by atoms with E-state index in [1.54, 1.807) is 0 Å². The normalized spacial score (nSPS) is 10.7.